The van der Waals surface area contributed by atoms with Crippen molar-refractivity contribution in [2.45, 2.75) is 45.6 Å². The second-order valence-corrected chi connectivity index (χ2v) is 5.85. The van der Waals surface area contributed by atoms with E-state index in [1.54, 1.807) is 6.92 Å². The quantitative estimate of drug-likeness (QED) is 0.870. The molecule has 0 saturated heterocycles. The summed E-state index contributed by atoms with van der Waals surface area (Å²) in [7, 11) is 0. The van der Waals surface area contributed by atoms with Crippen molar-refractivity contribution in [3.63, 3.8) is 0 Å². The third-order valence-corrected chi connectivity index (χ3v) is 4.33. The molecule has 17 heavy (non-hydrogen) atoms. The van der Waals surface area contributed by atoms with Crippen LogP contribution in [-0.2, 0) is 0 Å². The Kier molecular flexibility index (Phi) is 3.66. The summed E-state index contributed by atoms with van der Waals surface area (Å²) in [5, 5.41) is 13.1. The summed E-state index contributed by atoms with van der Waals surface area (Å²) in [6.07, 6.45) is 4.86. The van der Waals surface area contributed by atoms with Gasteiger partial charge in [-0.05, 0) is 25.7 Å². The van der Waals surface area contributed by atoms with Crippen molar-refractivity contribution >= 4 is 22.4 Å². The molecular weight excluding hydrogens is 236 g/mol. The minimum Gasteiger partial charge on any atom is -0.477 e. The van der Waals surface area contributed by atoms with E-state index in [0.29, 0.717) is 16.6 Å². The molecule has 0 aromatic carbocycles. The lowest BCUT2D eigenvalue weighted by molar-refractivity contribution is 0.0701. The summed E-state index contributed by atoms with van der Waals surface area (Å²) in [4.78, 5) is 15.5. The number of aromatic carboxylic acids is 1. The van der Waals surface area contributed by atoms with Gasteiger partial charge in [0.05, 0.1) is 5.69 Å². The number of thiazole rings is 1. The first-order valence-corrected chi connectivity index (χ1v) is 6.85. The van der Waals surface area contributed by atoms with E-state index in [2.05, 4.69) is 17.2 Å². The van der Waals surface area contributed by atoms with Crippen LogP contribution in [0.3, 0.4) is 0 Å². The Morgan fingerprint density at radius 1 is 1.53 bits per heavy atom. The summed E-state index contributed by atoms with van der Waals surface area (Å²) in [6, 6.07) is 0.450. The molecule has 0 radical (unpaired) electrons. The summed E-state index contributed by atoms with van der Waals surface area (Å²) < 4.78 is 0. The summed E-state index contributed by atoms with van der Waals surface area (Å²) in [6.45, 7) is 4.01. The van der Waals surface area contributed by atoms with Crippen LogP contribution in [0.4, 0.5) is 5.13 Å². The number of carboxylic acids is 1. The summed E-state index contributed by atoms with van der Waals surface area (Å²) in [5.41, 5.74) is 0.605. The number of hydrogen-bond donors (Lipinski definition) is 2. The number of carbonyl (C=O) groups is 1. The molecule has 2 N–H and O–H groups in total. The van der Waals surface area contributed by atoms with E-state index in [4.69, 9.17) is 5.11 Å². The monoisotopic (exact) mass is 254 g/mol. The molecule has 4 nitrogen and oxygen atoms in total. The predicted octanol–water partition coefficient (Wildman–Crippen LogP) is 3.14. The van der Waals surface area contributed by atoms with Gasteiger partial charge in [-0.3, -0.25) is 0 Å². The largest absolute Gasteiger partial charge is 0.477 e. The van der Waals surface area contributed by atoms with E-state index in [1.165, 1.54) is 24.2 Å². The highest BCUT2D eigenvalue weighted by Gasteiger charge is 2.21. The van der Waals surface area contributed by atoms with Crippen LogP contribution < -0.4 is 5.32 Å². The fourth-order valence-corrected chi connectivity index (χ4v) is 3.28. The molecule has 1 aliphatic carbocycles. The lowest BCUT2D eigenvalue weighted by Gasteiger charge is -2.27. The average Bonchev–Trinajstić information content (AvgIpc) is 2.59. The van der Waals surface area contributed by atoms with Crippen LogP contribution in [-0.4, -0.2) is 22.1 Å². The number of nitrogens with zero attached hydrogens (tertiary/aromatic N) is 1. The molecule has 0 aliphatic heterocycles. The van der Waals surface area contributed by atoms with Crippen molar-refractivity contribution in [3.05, 3.63) is 10.6 Å². The first kappa shape index (κ1) is 12.4. The molecule has 1 fully saturated rings. The van der Waals surface area contributed by atoms with Crippen molar-refractivity contribution < 1.29 is 9.90 Å². The van der Waals surface area contributed by atoms with Gasteiger partial charge < -0.3 is 10.4 Å². The predicted molar refractivity (Wildman–Crippen MR) is 68.9 cm³/mol. The SMILES string of the molecule is Cc1nc(NC2CCCC(C)C2)sc1C(=O)O. The maximum absolute atomic E-state index is 10.9. The standard InChI is InChI=1S/C12H18N2O2S/c1-7-4-3-5-9(6-7)14-12-13-8(2)10(17-12)11(15)16/h7,9H,3-6H2,1-2H3,(H,13,14)(H,15,16). The number of hydrogen-bond acceptors (Lipinski definition) is 4. The van der Waals surface area contributed by atoms with Gasteiger partial charge in [0.2, 0.25) is 0 Å². The Morgan fingerprint density at radius 3 is 2.88 bits per heavy atom. The zero-order valence-electron chi connectivity index (χ0n) is 10.2. The maximum Gasteiger partial charge on any atom is 0.347 e. The van der Waals surface area contributed by atoms with E-state index in [0.717, 1.165) is 23.9 Å². The number of aryl methyl sites for hydroxylation is 1. The maximum atomic E-state index is 10.9. The van der Waals surface area contributed by atoms with Gasteiger partial charge in [-0.15, -0.1) is 0 Å². The molecule has 0 spiro atoms. The first-order valence-electron chi connectivity index (χ1n) is 6.03. The minimum absolute atomic E-state index is 0.344. The molecule has 94 valence electrons. The highest BCUT2D eigenvalue weighted by Crippen LogP contribution is 2.29. The highest BCUT2D eigenvalue weighted by atomic mass is 32.1. The number of aromatic nitrogens is 1. The van der Waals surface area contributed by atoms with Gasteiger partial charge in [0, 0.05) is 6.04 Å². The van der Waals surface area contributed by atoms with E-state index in [-0.39, 0.29) is 0 Å². The molecule has 1 aromatic rings. The molecular formula is C12H18N2O2S. The number of anilines is 1. The topological polar surface area (TPSA) is 62.2 Å². The molecule has 1 saturated carbocycles. The van der Waals surface area contributed by atoms with Gasteiger partial charge >= 0.3 is 5.97 Å². The molecule has 0 bridgehead atoms. The molecule has 0 amide bonds. The Bertz CT molecular complexity index is 417. The highest BCUT2D eigenvalue weighted by molar-refractivity contribution is 7.17. The number of rotatable bonds is 3. The lowest BCUT2D eigenvalue weighted by atomic mass is 9.87. The third-order valence-electron chi connectivity index (χ3n) is 3.25. The Morgan fingerprint density at radius 2 is 2.29 bits per heavy atom. The molecule has 2 rings (SSSR count). The van der Waals surface area contributed by atoms with E-state index in [1.807, 2.05) is 0 Å². The number of carboxylic acid groups (broad SMARTS) is 1. The average molecular weight is 254 g/mol. The fourth-order valence-electron chi connectivity index (χ4n) is 2.40. The van der Waals surface area contributed by atoms with E-state index >= 15 is 0 Å². The molecule has 1 aromatic heterocycles. The first-order chi connectivity index (χ1) is 8.06. The van der Waals surface area contributed by atoms with Crippen LogP contribution in [0, 0.1) is 12.8 Å². The lowest BCUT2D eigenvalue weighted by Crippen LogP contribution is -2.26. The minimum atomic E-state index is -0.884. The molecule has 2 unspecified atom stereocenters. The third kappa shape index (κ3) is 2.97. The second kappa shape index (κ2) is 5.04. The smallest absolute Gasteiger partial charge is 0.347 e. The summed E-state index contributed by atoms with van der Waals surface area (Å²) in [5.74, 6) is -0.133. The van der Waals surface area contributed by atoms with Gasteiger partial charge in [0.15, 0.2) is 5.13 Å². The summed E-state index contributed by atoms with van der Waals surface area (Å²) >= 11 is 1.24. The van der Waals surface area contributed by atoms with Crippen LogP contribution in [0.15, 0.2) is 0 Å². The van der Waals surface area contributed by atoms with Crippen LogP contribution in [0.5, 0.6) is 0 Å². The Hall–Kier alpha value is -1.10. The van der Waals surface area contributed by atoms with Crippen LogP contribution in [0.2, 0.25) is 0 Å². The molecule has 2 atom stereocenters. The van der Waals surface area contributed by atoms with Gasteiger partial charge in [-0.2, -0.15) is 0 Å². The normalized spacial score (nSPS) is 24.6. The van der Waals surface area contributed by atoms with Crippen molar-refractivity contribution in [3.8, 4) is 0 Å². The van der Waals surface area contributed by atoms with Crippen LogP contribution in [0.1, 0.15) is 48.0 Å². The Balaban J connectivity index is 2.03. The molecule has 1 aliphatic rings. The van der Waals surface area contributed by atoms with Crippen molar-refractivity contribution in [2.75, 3.05) is 5.32 Å². The van der Waals surface area contributed by atoms with Crippen molar-refractivity contribution in [2.24, 2.45) is 5.92 Å². The fraction of sp³-hybridized carbons (Fsp3) is 0.667. The van der Waals surface area contributed by atoms with Crippen molar-refractivity contribution in [1.29, 1.82) is 0 Å². The van der Waals surface area contributed by atoms with Gasteiger partial charge in [-0.25, -0.2) is 9.78 Å². The zero-order chi connectivity index (χ0) is 12.4. The van der Waals surface area contributed by atoms with Gasteiger partial charge in [0.25, 0.3) is 0 Å². The van der Waals surface area contributed by atoms with Crippen molar-refractivity contribution in [1.82, 2.24) is 4.98 Å². The second-order valence-electron chi connectivity index (χ2n) is 4.85. The molecule has 1 heterocycles. The zero-order valence-corrected chi connectivity index (χ0v) is 11.0. The van der Waals surface area contributed by atoms with Gasteiger partial charge in [0.1, 0.15) is 4.88 Å². The van der Waals surface area contributed by atoms with Crippen LogP contribution in [0.25, 0.3) is 0 Å². The molecule has 5 heteroatoms. The van der Waals surface area contributed by atoms with E-state index < -0.39 is 5.97 Å². The van der Waals surface area contributed by atoms with E-state index in [9.17, 15) is 4.79 Å². The number of nitrogens with one attached hydrogen (secondary N) is 1. The van der Waals surface area contributed by atoms with Crippen LogP contribution >= 0.6 is 11.3 Å². The Labute approximate surface area is 105 Å². The van der Waals surface area contributed by atoms with Gasteiger partial charge in [-0.1, -0.05) is 31.1 Å².